The third-order valence-electron chi connectivity index (χ3n) is 7.02. The van der Waals surface area contributed by atoms with Crippen molar-refractivity contribution < 1.29 is 13.9 Å². The zero-order valence-electron chi connectivity index (χ0n) is 22.7. The van der Waals surface area contributed by atoms with Gasteiger partial charge in [-0.3, -0.25) is 9.78 Å². The molecule has 0 radical (unpaired) electrons. The monoisotopic (exact) mass is 594 g/mol. The van der Waals surface area contributed by atoms with Crippen LogP contribution in [0.4, 0.5) is 11.4 Å². The van der Waals surface area contributed by atoms with Crippen molar-refractivity contribution in [3.05, 3.63) is 131 Å². The van der Waals surface area contributed by atoms with E-state index in [1.807, 2.05) is 115 Å². The van der Waals surface area contributed by atoms with Gasteiger partial charge in [-0.25, -0.2) is 0 Å². The van der Waals surface area contributed by atoms with Crippen LogP contribution in [0, 0.1) is 6.92 Å². The number of nitrogens with zero attached hydrogens (tertiary/aromatic N) is 2. The van der Waals surface area contributed by atoms with E-state index in [1.54, 1.807) is 6.20 Å². The fourth-order valence-corrected chi connectivity index (χ4v) is 5.52. The van der Waals surface area contributed by atoms with Crippen LogP contribution in [-0.4, -0.2) is 22.6 Å². The second-order valence-corrected chi connectivity index (χ2v) is 10.7. The van der Waals surface area contributed by atoms with Crippen molar-refractivity contribution >= 4 is 46.2 Å². The van der Waals surface area contributed by atoms with Crippen molar-refractivity contribution in [2.45, 2.75) is 19.0 Å². The summed E-state index contributed by atoms with van der Waals surface area (Å²) in [5, 5.41) is 7.51. The van der Waals surface area contributed by atoms with Crippen LogP contribution < -0.4 is 20.3 Å². The molecule has 2 aromatic heterocycles. The number of halogens is 1. The molecule has 2 N–H and O–H groups in total. The number of rotatable bonds is 8. The lowest BCUT2D eigenvalue weighted by molar-refractivity contribution is -0.118. The van der Waals surface area contributed by atoms with Crippen LogP contribution in [0.3, 0.4) is 0 Å². The third kappa shape index (κ3) is 5.86. The summed E-state index contributed by atoms with van der Waals surface area (Å²) in [6.07, 6.45) is 1.77. The number of furan rings is 1. The molecule has 2 atom stereocenters. The predicted octanol–water partition coefficient (Wildman–Crippen LogP) is 7.50. The van der Waals surface area contributed by atoms with Gasteiger partial charge in [-0.05, 0) is 97.5 Å². The maximum Gasteiger partial charge on any atom is 0.262 e. The molecule has 210 valence electrons. The van der Waals surface area contributed by atoms with E-state index in [-0.39, 0.29) is 24.6 Å². The number of amides is 1. The smallest absolute Gasteiger partial charge is 0.262 e. The SMILES string of the molecule is Cc1ccc(Cl)cc1-c1ccc([C@@H]2[C@H](c3ccccn3)NC(=S)N2c2ccc(NC(=O)COc3ccccc3)cc2)o1. The van der Waals surface area contributed by atoms with Crippen molar-refractivity contribution in [1.29, 1.82) is 0 Å². The van der Waals surface area contributed by atoms with E-state index in [4.69, 9.17) is 33.0 Å². The first-order valence-electron chi connectivity index (χ1n) is 13.4. The number of pyridine rings is 1. The number of ether oxygens (including phenoxy) is 1. The van der Waals surface area contributed by atoms with Gasteiger partial charge in [0.2, 0.25) is 0 Å². The number of hydrogen-bond acceptors (Lipinski definition) is 5. The average Bonchev–Trinajstić information content (AvgIpc) is 3.63. The van der Waals surface area contributed by atoms with Gasteiger partial charge in [0.05, 0.1) is 11.7 Å². The first-order chi connectivity index (χ1) is 20.5. The summed E-state index contributed by atoms with van der Waals surface area (Å²) in [7, 11) is 0. The normalized spacial score (nSPS) is 16.2. The third-order valence-corrected chi connectivity index (χ3v) is 7.57. The molecule has 1 saturated heterocycles. The zero-order valence-corrected chi connectivity index (χ0v) is 24.2. The van der Waals surface area contributed by atoms with Crippen LogP contribution in [0.25, 0.3) is 11.3 Å². The number of aryl methyl sites for hydroxylation is 1. The summed E-state index contributed by atoms with van der Waals surface area (Å²) in [4.78, 5) is 19.1. The van der Waals surface area contributed by atoms with E-state index in [1.165, 1.54) is 0 Å². The van der Waals surface area contributed by atoms with Crippen LogP contribution in [0.5, 0.6) is 5.75 Å². The first-order valence-corrected chi connectivity index (χ1v) is 14.2. The van der Waals surface area contributed by atoms with Gasteiger partial charge in [-0.2, -0.15) is 0 Å². The summed E-state index contributed by atoms with van der Waals surface area (Å²) >= 11 is 12.1. The highest BCUT2D eigenvalue weighted by Crippen LogP contribution is 2.43. The Balaban J connectivity index is 1.27. The molecule has 6 rings (SSSR count). The number of anilines is 2. The molecule has 3 heterocycles. The summed E-state index contributed by atoms with van der Waals surface area (Å²) in [6.45, 7) is 1.93. The standard InChI is InChI=1S/C33H27ClN4O3S/c1-21-10-11-22(34)19-26(21)28-16-17-29(41-28)32-31(27-9-5-6-18-35-27)37-33(42)38(32)24-14-12-23(13-15-24)36-30(39)20-40-25-7-3-2-4-8-25/h2-19,31-32H,20H2,1H3,(H,36,39)(H,37,42)/t31-,32+/m0/s1. The molecule has 42 heavy (non-hydrogen) atoms. The van der Waals surface area contributed by atoms with E-state index in [0.717, 1.165) is 34.0 Å². The number of aromatic nitrogens is 1. The minimum absolute atomic E-state index is 0.0906. The van der Waals surface area contributed by atoms with Crippen LogP contribution in [0.15, 0.2) is 114 Å². The van der Waals surface area contributed by atoms with Crippen LogP contribution in [-0.2, 0) is 4.79 Å². The Labute approximate surface area is 254 Å². The lowest BCUT2D eigenvalue weighted by Gasteiger charge is -2.26. The van der Waals surface area contributed by atoms with Gasteiger partial charge < -0.3 is 24.7 Å². The summed E-state index contributed by atoms with van der Waals surface area (Å²) in [6, 6.07) is 31.6. The predicted molar refractivity (Wildman–Crippen MR) is 169 cm³/mol. The van der Waals surface area contributed by atoms with Crippen molar-refractivity contribution in [2.75, 3.05) is 16.8 Å². The summed E-state index contributed by atoms with van der Waals surface area (Å²) < 4.78 is 12.0. The van der Waals surface area contributed by atoms with Gasteiger partial charge in [0.25, 0.3) is 5.91 Å². The lowest BCUT2D eigenvalue weighted by atomic mass is 10.0. The molecule has 0 aliphatic carbocycles. The van der Waals surface area contributed by atoms with E-state index in [9.17, 15) is 4.79 Å². The highest BCUT2D eigenvalue weighted by atomic mass is 35.5. The Kier molecular flexibility index (Phi) is 7.90. The number of carbonyl (C=O) groups is 1. The van der Waals surface area contributed by atoms with E-state index in [0.29, 0.717) is 21.6 Å². The summed E-state index contributed by atoms with van der Waals surface area (Å²) in [5.41, 5.74) is 4.32. The van der Waals surface area contributed by atoms with Crippen LogP contribution in [0.2, 0.25) is 5.02 Å². The summed E-state index contributed by atoms with van der Waals surface area (Å²) in [5.74, 6) is 1.83. The number of benzene rings is 3. The Bertz CT molecular complexity index is 1710. The highest BCUT2D eigenvalue weighted by Gasteiger charge is 2.42. The highest BCUT2D eigenvalue weighted by molar-refractivity contribution is 7.80. The minimum atomic E-state index is -0.319. The molecule has 0 spiro atoms. The molecule has 1 fully saturated rings. The van der Waals surface area contributed by atoms with Gasteiger partial charge in [0.1, 0.15) is 23.3 Å². The molecular weight excluding hydrogens is 568 g/mol. The maximum absolute atomic E-state index is 12.5. The van der Waals surface area contributed by atoms with Crippen molar-refractivity contribution in [3.8, 4) is 17.1 Å². The van der Waals surface area contributed by atoms with Crippen LogP contribution >= 0.6 is 23.8 Å². The fourth-order valence-electron chi connectivity index (χ4n) is 5.01. The van der Waals surface area contributed by atoms with Crippen LogP contribution in [0.1, 0.15) is 29.1 Å². The molecule has 0 unspecified atom stereocenters. The molecule has 9 heteroatoms. The van der Waals surface area contributed by atoms with Crippen molar-refractivity contribution in [3.63, 3.8) is 0 Å². The largest absolute Gasteiger partial charge is 0.484 e. The molecule has 1 amide bonds. The van der Waals surface area contributed by atoms with E-state index < -0.39 is 0 Å². The Hall–Kier alpha value is -4.66. The molecule has 1 aliphatic heterocycles. The van der Waals surface area contributed by atoms with E-state index >= 15 is 0 Å². The molecule has 0 saturated carbocycles. The quantitative estimate of drug-likeness (QED) is 0.180. The number of para-hydroxylation sites is 1. The van der Waals surface area contributed by atoms with Gasteiger partial charge in [-0.1, -0.05) is 41.9 Å². The molecule has 5 aromatic rings. The molecule has 3 aromatic carbocycles. The second-order valence-electron chi connectivity index (χ2n) is 9.85. The number of thiocarbonyl (C=S) groups is 1. The van der Waals surface area contributed by atoms with Crippen molar-refractivity contribution in [2.24, 2.45) is 0 Å². The molecular formula is C33H27ClN4O3S. The average molecular weight is 595 g/mol. The van der Waals surface area contributed by atoms with Gasteiger partial charge in [-0.15, -0.1) is 0 Å². The fraction of sp³-hybridized carbons (Fsp3) is 0.121. The Morgan fingerprint density at radius 3 is 2.57 bits per heavy atom. The molecule has 0 bridgehead atoms. The Morgan fingerprint density at radius 2 is 1.81 bits per heavy atom. The molecule has 1 aliphatic rings. The Morgan fingerprint density at radius 1 is 1.02 bits per heavy atom. The number of hydrogen-bond donors (Lipinski definition) is 2. The van der Waals surface area contributed by atoms with Gasteiger partial charge in [0, 0.05) is 28.2 Å². The number of carbonyl (C=O) groups excluding carboxylic acids is 1. The minimum Gasteiger partial charge on any atom is -0.484 e. The van der Waals surface area contributed by atoms with Gasteiger partial charge in [0.15, 0.2) is 11.7 Å². The van der Waals surface area contributed by atoms with Crippen molar-refractivity contribution in [1.82, 2.24) is 10.3 Å². The second kappa shape index (κ2) is 12.1. The topological polar surface area (TPSA) is 79.6 Å². The lowest BCUT2D eigenvalue weighted by Crippen LogP contribution is -2.29. The van der Waals surface area contributed by atoms with Gasteiger partial charge >= 0.3 is 0 Å². The first kappa shape index (κ1) is 27.5. The zero-order chi connectivity index (χ0) is 29.1. The number of nitrogens with one attached hydrogen (secondary N) is 2. The maximum atomic E-state index is 12.5. The van der Waals surface area contributed by atoms with E-state index in [2.05, 4.69) is 15.6 Å². The molecule has 7 nitrogen and oxygen atoms in total.